The summed E-state index contributed by atoms with van der Waals surface area (Å²) in [4.78, 5) is 29.3. The van der Waals surface area contributed by atoms with Crippen molar-refractivity contribution in [2.45, 2.75) is 13.5 Å². The summed E-state index contributed by atoms with van der Waals surface area (Å²) in [7, 11) is 0. The van der Waals surface area contributed by atoms with Crippen molar-refractivity contribution in [1.82, 2.24) is 15.1 Å². The predicted molar refractivity (Wildman–Crippen MR) is 102 cm³/mol. The first-order valence-corrected chi connectivity index (χ1v) is 9.21. The van der Waals surface area contributed by atoms with Crippen molar-refractivity contribution in [3.8, 4) is 0 Å². The van der Waals surface area contributed by atoms with E-state index in [4.69, 9.17) is 0 Å². The van der Waals surface area contributed by atoms with Gasteiger partial charge >= 0.3 is 0 Å². The van der Waals surface area contributed by atoms with Crippen molar-refractivity contribution >= 4 is 11.8 Å². The van der Waals surface area contributed by atoms with E-state index in [9.17, 15) is 14.0 Å². The maximum absolute atomic E-state index is 12.9. The lowest BCUT2D eigenvalue weighted by Crippen LogP contribution is -2.48. The van der Waals surface area contributed by atoms with Gasteiger partial charge in [0, 0.05) is 43.9 Å². The van der Waals surface area contributed by atoms with Gasteiger partial charge in [0.1, 0.15) is 5.82 Å². The minimum absolute atomic E-state index is 0.0427. The van der Waals surface area contributed by atoms with Crippen LogP contribution in [0.2, 0.25) is 0 Å². The van der Waals surface area contributed by atoms with E-state index in [1.165, 1.54) is 12.1 Å². The van der Waals surface area contributed by atoms with Crippen LogP contribution < -0.4 is 5.32 Å². The fourth-order valence-corrected chi connectivity index (χ4v) is 3.13. The standard InChI is InChI=1S/C21H24FN3O2/c1-2-24-10-12-25(13-11-24)21(27)18-5-3-4-17(14-18)20(26)23-15-16-6-8-19(22)9-7-16/h3-9,14H,2,10-13,15H2,1H3,(H,23,26). The number of carbonyl (C=O) groups excluding carboxylic acids is 2. The largest absolute Gasteiger partial charge is 0.348 e. The monoisotopic (exact) mass is 369 g/mol. The van der Waals surface area contributed by atoms with Crippen LogP contribution in [0.1, 0.15) is 33.2 Å². The molecule has 1 N–H and O–H groups in total. The Morgan fingerprint density at radius 3 is 2.33 bits per heavy atom. The Balaban J connectivity index is 1.61. The van der Waals surface area contributed by atoms with E-state index in [2.05, 4.69) is 17.1 Å². The second-order valence-electron chi connectivity index (χ2n) is 6.62. The van der Waals surface area contributed by atoms with Gasteiger partial charge in [0.15, 0.2) is 0 Å². The van der Waals surface area contributed by atoms with E-state index in [-0.39, 0.29) is 17.6 Å². The first-order valence-electron chi connectivity index (χ1n) is 9.21. The highest BCUT2D eigenvalue weighted by molar-refractivity contribution is 5.99. The molecule has 3 rings (SSSR count). The van der Waals surface area contributed by atoms with Gasteiger partial charge in [0.05, 0.1) is 0 Å². The molecule has 2 amide bonds. The molecule has 1 saturated heterocycles. The van der Waals surface area contributed by atoms with E-state index in [0.29, 0.717) is 30.8 Å². The smallest absolute Gasteiger partial charge is 0.253 e. The van der Waals surface area contributed by atoms with Crippen molar-refractivity contribution < 1.29 is 14.0 Å². The van der Waals surface area contributed by atoms with E-state index in [1.54, 1.807) is 36.4 Å². The maximum atomic E-state index is 12.9. The first-order chi connectivity index (χ1) is 13.1. The Labute approximate surface area is 158 Å². The van der Waals surface area contributed by atoms with Gasteiger partial charge in [-0.1, -0.05) is 25.1 Å². The van der Waals surface area contributed by atoms with E-state index >= 15 is 0 Å². The molecule has 0 aromatic heterocycles. The minimum Gasteiger partial charge on any atom is -0.348 e. The molecule has 1 aliphatic rings. The summed E-state index contributed by atoms with van der Waals surface area (Å²) in [5, 5.41) is 2.80. The lowest BCUT2D eigenvalue weighted by molar-refractivity contribution is 0.0643. The van der Waals surface area contributed by atoms with Crippen LogP contribution in [0.25, 0.3) is 0 Å². The van der Waals surface area contributed by atoms with E-state index in [1.807, 2.05) is 4.90 Å². The summed E-state index contributed by atoms with van der Waals surface area (Å²) >= 11 is 0. The molecule has 27 heavy (non-hydrogen) atoms. The first kappa shape index (κ1) is 19.0. The van der Waals surface area contributed by atoms with Gasteiger partial charge in [-0.05, 0) is 42.4 Å². The second kappa shape index (κ2) is 8.77. The third-order valence-corrected chi connectivity index (χ3v) is 4.84. The Morgan fingerprint density at radius 2 is 1.67 bits per heavy atom. The number of nitrogens with zero attached hydrogens (tertiary/aromatic N) is 2. The van der Waals surface area contributed by atoms with Crippen molar-refractivity contribution in [1.29, 1.82) is 0 Å². The summed E-state index contributed by atoms with van der Waals surface area (Å²) in [5.41, 5.74) is 1.77. The fourth-order valence-electron chi connectivity index (χ4n) is 3.13. The lowest BCUT2D eigenvalue weighted by atomic mass is 10.1. The molecule has 2 aromatic carbocycles. The molecule has 0 saturated carbocycles. The van der Waals surface area contributed by atoms with Crippen molar-refractivity contribution in [2.75, 3.05) is 32.7 Å². The van der Waals surface area contributed by atoms with Crippen molar-refractivity contribution in [3.05, 3.63) is 71.0 Å². The number of piperazine rings is 1. The van der Waals surface area contributed by atoms with Crippen LogP contribution in [0.4, 0.5) is 4.39 Å². The third kappa shape index (κ3) is 4.92. The maximum Gasteiger partial charge on any atom is 0.253 e. The lowest BCUT2D eigenvalue weighted by Gasteiger charge is -2.34. The molecule has 0 atom stereocenters. The molecule has 1 aliphatic heterocycles. The van der Waals surface area contributed by atoms with Gasteiger partial charge in [0.2, 0.25) is 0 Å². The summed E-state index contributed by atoms with van der Waals surface area (Å²) in [6.45, 7) is 6.56. The van der Waals surface area contributed by atoms with Crippen LogP contribution in [0.3, 0.4) is 0 Å². The highest BCUT2D eigenvalue weighted by Crippen LogP contribution is 2.12. The average molecular weight is 369 g/mol. The molecule has 0 radical (unpaired) electrons. The Bertz CT molecular complexity index is 799. The number of likely N-dealkylation sites (N-methyl/N-ethyl adjacent to an activating group) is 1. The quantitative estimate of drug-likeness (QED) is 0.881. The van der Waals surface area contributed by atoms with Gasteiger partial charge in [-0.15, -0.1) is 0 Å². The molecular weight excluding hydrogens is 345 g/mol. The average Bonchev–Trinajstić information content (AvgIpc) is 2.72. The number of halogens is 1. The van der Waals surface area contributed by atoms with Gasteiger partial charge in [-0.3, -0.25) is 9.59 Å². The molecule has 0 aliphatic carbocycles. The number of amides is 2. The Morgan fingerprint density at radius 1 is 1.00 bits per heavy atom. The third-order valence-electron chi connectivity index (χ3n) is 4.84. The molecule has 6 heteroatoms. The zero-order chi connectivity index (χ0) is 19.2. The van der Waals surface area contributed by atoms with Crippen LogP contribution >= 0.6 is 0 Å². The topological polar surface area (TPSA) is 52.7 Å². The van der Waals surface area contributed by atoms with Gasteiger partial charge in [-0.2, -0.15) is 0 Å². The molecule has 0 unspecified atom stereocenters. The summed E-state index contributed by atoms with van der Waals surface area (Å²) in [6.07, 6.45) is 0. The van der Waals surface area contributed by atoms with Gasteiger partial charge in [0.25, 0.3) is 11.8 Å². The Hall–Kier alpha value is -2.73. The highest BCUT2D eigenvalue weighted by Gasteiger charge is 2.21. The van der Waals surface area contributed by atoms with E-state index in [0.717, 1.165) is 25.2 Å². The van der Waals surface area contributed by atoms with Crippen molar-refractivity contribution in [3.63, 3.8) is 0 Å². The number of hydrogen-bond donors (Lipinski definition) is 1. The Kier molecular flexibility index (Phi) is 6.19. The summed E-state index contributed by atoms with van der Waals surface area (Å²) in [6, 6.07) is 12.8. The van der Waals surface area contributed by atoms with Crippen LogP contribution in [-0.4, -0.2) is 54.3 Å². The molecule has 5 nitrogen and oxygen atoms in total. The predicted octanol–water partition coefficient (Wildman–Crippen LogP) is 2.53. The number of carbonyl (C=O) groups is 2. The molecule has 1 heterocycles. The van der Waals surface area contributed by atoms with Crippen molar-refractivity contribution in [2.24, 2.45) is 0 Å². The number of rotatable bonds is 5. The van der Waals surface area contributed by atoms with E-state index < -0.39 is 0 Å². The number of hydrogen-bond acceptors (Lipinski definition) is 3. The number of nitrogens with one attached hydrogen (secondary N) is 1. The van der Waals surface area contributed by atoms with Crippen LogP contribution in [0.5, 0.6) is 0 Å². The molecule has 2 aromatic rings. The van der Waals surface area contributed by atoms with Gasteiger partial charge < -0.3 is 15.1 Å². The van der Waals surface area contributed by atoms with Crippen LogP contribution in [0, 0.1) is 5.82 Å². The normalized spacial score (nSPS) is 14.8. The summed E-state index contributed by atoms with van der Waals surface area (Å²) in [5.74, 6) is -0.611. The molecular formula is C21H24FN3O2. The van der Waals surface area contributed by atoms with Crippen LogP contribution in [0.15, 0.2) is 48.5 Å². The minimum atomic E-state index is -0.309. The van der Waals surface area contributed by atoms with Crippen LogP contribution in [-0.2, 0) is 6.54 Å². The molecule has 0 spiro atoms. The molecule has 0 bridgehead atoms. The molecule has 142 valence electrons. The zero-order valence-corrected chi connectivity index (χ0v) is 15.5. The zero-order valence-electron chi connectivity index (χ0n) is 15.5. The molecule has 1 fully saturated rings. The summed E-state index contributed by atoms with van der Waals surface area (Å²) < 4.78 is 12.9. The SMILES string of the molecule is CCN1CCN(C(=O)c2cccc(C(=O)NCc3ccc(F)cc3)c2)CC1. The second-order valence-corrected chi connectivity index (χ2v) is 6.62. The number of benzene rings is 2. The van der Waals surface area contributed by atoms with Gasteiger partial charge in [-0.25, -0.2) is 4.39 Å². The highest BCUT2D eigenvalue weighted by atomic mass is 19.1. The fraction of sp³-hybridized carbons (Fsp3) is 0.333.